The van der Waals surface area contributed by atoms with Crippen molar-refractivity contribution in [3.8, 4) is 11.6 Å². The van der Waals surface area contributed by atoms with Gasteiger partial charge < -0.3 is 10.1 Å². The number of piperidine rings is 1. The number of halogens is 1. The second-order valence-corrected chi connectivity index (χ2v) is 7.34. The minimum Gasteiger partial charge on any atom is -0.478 e. The normalized spacial score (nSPS) is 25.4. The SMILES string of the molecule is ClC1CNCCC1C1(CCOc2ccc(-n3ccnn3)cn2)CC1. The third-order valence-electron chi connectivity index (χ3n) is 5.34. The third-order valence-corrected chi connectivity index (χ3v) is 5.80. The van der Waals surface area contributed by atoms with E-state index in [1.807, 2.05) is 12.1 Å². The average molecular weight is 348 g/mol. The Morgan fingerprint density at radius 3 is 2.96 bits per heavy atom. The van der Waals surface area contributed by atoms with Gasteiger partial charge in [0.15, 0.2) is 0 Å². The first-order valence-electron chi connectivity index (χ1n) is 8.57. The van der Waals surface area contributed by atoms with Crippen LogP contribution in [0.25, 0.3) is 5.69 Å². The van der Waals surface area contributed by atoms with Crippen LogP contribution in [0.2, 0.25) is 0 Å². The Bertz CT molecular complexity index is 656. The van der Waals surface area contributed by atoms with Crippen molar-refractivity contribution in [3.05, 3.63) is 30.7 Å². The van der Waals surface area contributed by atoms with Gasteiger partial charge in [-0.2, -0.15) is 0 Å². The van der Waals surface area contributed by atoms with E-state index in [1.165, 1.54) is 19.3 Å². The van der Waals surface area contributed by atoms with Gasteiger partial charge in [0.2, 0.25) is 5.88 Å². The quantitative estimate of drug-likeness (QED) is 0.813. The molecule has 3 heterocycles. The Labute approximate surface area is 146 Å². The summed E-state index contributed by atoms with van der Waals surface area (Å²) in [5, 5.41) is 11.4. The van der Waals surface area contributed by atoms with Crippen LogP contribution < -0.4 is 10.1 Å². The van der Waals surface area contributed by atoms with E-state index in [0.717, 1.165) is 25.2 Å². The van der Waals surface area contributed by atoms with Crippen molar-refractivity contribution in [2.24, 2.45) is 11.3 Å². The van der Waals surface area contributed by atoms with Gasteiger partial charge in [-0.1, -0.05) is 5.21 Å². The summed E-state index contributed by atoms with van der Waals surface area (Å²) >= 11 is 6.54. The zero-order valence-electron chi connectivity index (χ0n) is 13.6. The van der Waals surface area contributed by atoms with Crippen LogP contribution in [-0.2, 0) is 0 Å². The standard InChI is InChI=1S/C17H22ClN5O/c18-15-12-19-7-3-14(15)17(4-5-17)6-10-24-16-2-1-13(11-20-16)23-9-8-21-22-23/h1-2,8-9,11,14-15,19H,3-7,10,12H2. The highest BCUT2D eigenvalue weighted by Gasteiger charge is 2.51. The van der Waals surface area contributed by atoms with Gasteiger partial charge in [-0.05, 0) is 49.6 Å². The zero-order chi connectivity index (χ0) is 16.4. The molecule has 4 rings (SSSR count). The second kappa shape index (κ2) is 6.69. The molecule has 2 atom stereocenters. The topological polar surface area (TPSA) is 64.9 Å². The van der Waals surface area contributed by atoms with E-state index in [2.05, 4.69) is 20.6 Å². The molecule has 2 fully saturated rings. The van der Waals surface area contributed by atoms with Crippen LogP contribution in [0.15, 0.2) is 30.7 Å². The highest BCUT2D eigenvalue weighted by atomic mass is 35.5. The molecule has 24 heavy (non-hydrogen) atoms. The van der Waals surface area contributed by atoms with Gasteiger partial charge in [-0.15, -0.1) is 16.7 Å². The Kier molecular flexibility index (Phi) is 4.41. The molecule has 2 unspecified atom stereocenters. The maximum atomic E-state index is 6.54. The van der Waals surface area contributed by atoms with Crippen LogP contribution in [0.1, 0.15) is 25.7 Å². The molecule has 2 aromatic rings. The number of hydrogen-bond acceptors (Lipinski definition) is 5. The number of nitrogens with one attached hydrogen (secondary N) is 1. The molecule has 1 saturated heterocycles. The second-order valence-electron chi connectivity index (χ2n) is 6.78. The zero-order valence-corrected chi connectivity index (χ0v) is 14.3. The highest BCUT2D eigenvalue weighted by Crippen LogP contribution is 2.58. The van der Waals surface area contributed by atoms with Crippen LogP contribution >= 0.6 is 11.6 Å². The minimum absolute atomic E-state index is 0.251. The molecule has 2 aliphatic rings. The molecule has 1 N–H and O–H groups in total. The van der Waals surface area contributed by atoms with E-state index in [1.54, 1.807) is 23.3 Å². The largest absolute Gasteiger partial charge is 0.478 e. The lowest BCUT2D eigenvalue weighted by Gasteiger charge is -2.34. The van der Waals surface area contributed by atoms with Crippen molar-refractivity contribution in [3.63, 3.8) is 0 Å². The van der Waals surface area contributed by atoms with Crippen molar-refractivity contribution in [2.45, 2.75) is 31.1 Å². The first kappa shape index (κ1) is 15.8. The summed E-state index contributed by atoms with van der Waals surface area (Å²) in [6.07, 6.45) is 9.98. The molecule has 1 saturated carbocycles. The molecule has 0 aromatic carbocycles. The lowest BCUT2D eigenvalue weighted by atomic mass is 9.80. The van der Waals surface area contributed by atoms with Crippen LogP contribution in [-0.4, -0.2) is 45.1 Å². The summed E-state index contributed by atoms with van der Waals surface area (Å²) in [6, 6.07) is 3.82. The fourth-order valence-corrected chi connectivity index (χ4v) is 4.28. The van der Waals surface area contributed by atoms with E-state index in [-0.39, 0.29) is 5.38 Å². The first-order chi connectivity index (χ1) is 11.8. The molecule has 0 bridgehead atoms. The van der Waals surface area contributed by atoms with Crippen LogP contribution in [0.4, 0.5) is 0 Å². The molecule has 1 aliphatic carbocycles. The maximum absolute atomic E-state index is 6.54. The lowest BCUT2D eigenvalue weighted by Crippen LogP contribution is -2.41. The Morgan fingerprint density at radius 1 is 1.38 bits per heavy atom. The summed E-state index contributed by atoms with van der Waals surface area (Å²) in [5.41, 5.74) is 1.27. The predicted molar refractivity (Wildman–Crippen MR) is 91.6 cm³/mol. The summed E-state index contributed by atoms with van der Waals surface area (Å²) in [4.78, 5) is 4.36. The fraction of sp³-hybridized carbons (Fsp3) is 0.588. The molecule has 2 aromatic heterocycles. The number of aromatic nitrogens is 4. The van der Waals surface area contributed by atoms with E-state index in [0.29, 0.717) is 23.8 Å². The monoisotopic (exact) mass is 347 g/mol. The van der Waals surface area contributed by atoms with Crippen molar-refractivity contribution in [1.82, 2.24) is 25.3 Å². The smallest absolute Gasteiger partial charge is 0.213 e. The molecule has 6 nitrogen and oxygen atoms in total. The molecule has 128 valence electrons. The van der Waals surface area contributed by atoms with Gasteiger partial charge >= 0.3 is 0 Å². The predicted octanol–water partition coefficient (Wildman–Crippen LogP) is 2.43. The Hall–Kier alpha value is -1.66. The Balaban J connectivity index is 1.31. The summed E-state index contributed by atoms with van der Waals surface area (Å²) < 4.78 is 7.54. The van der Waals surface area contributed by atoms with Crippen LogP contribution in [0.3, 0.4) is 0 Å². The number of hydrogen-bond donors (Lipinski definition) is 1. The molecule has 0 radical (unpaired) electrons. The lowest BCUT2D eigenvalue weighted by molar-refractivity contribution is 0.185. The van der Waals surface area contributed by atoms with E-state index in [9.17, 15) is 0 Å². The minimum atomic E-state index is 0.251. The van der Waals surface area contributed by atoms with Gasteiger partial charge in [0.1, 0.15) is 0 Å². The van der Waals surface area contributed by atoms with E-state index >= 15 is 0 Å². The van der Waals surface area contributed by atoms with Gasteiger partial charge in [0, 0.05) is 18.0 Å². The van der Waals surface area contributed by atoms with Crippen LogP contribution in [0.5, 0.6) is 5.88 Å². The van der Waals surface area contributed by atoms with Crippen molar-refractivity contribution < 1.29 is 4.74 Å². The molecule has 7 heteroatoms. The van der Waals surface area contributed by atoms with E-state index < -0.39 is 0 Å². The number of ether oxygens (including phenoxy) is 1. The average Bonchev–Trinajstić information content (AvgIpc) is 3.18. The summed E-state index contributed by atoms with van der Waals surface area (Å²) in [7, 11) is 0. The number of rotatable bonds is 6. The fourth-order valence-electron chi connectivity index (χ4n) is 3.78. The van der Waals surface area contributed by atoms with Gasteiger partial charge in [0.25, 0.3) is 0 Å². The molecule has 1 aliphatic heterocycles. The number of pyridine rings is 1. The van der Waals surface area contributed by atoms with E-state index in [4.69, 9.17) is 16.3 Å². The Morgan fingerprint density at radius 2 is 2.29 bits per heavy atom. The summed E-state index contributed by atoms with van der Waals surface area (Å²) in [5.74, 6) is 1.27. The van der Waals surface area contributed by atoms with Crippen molar-refractivity contribution >= 4 is 11.6 Å². The van der Waals surface area contributed by atoms with Crippen molar-refractivity contribution in [2.75, 3.05) is 19.7 Å². The maximum Gasteiger partial charge on any atom is 0.213 e. The molecule has 0 amide bonds. The molecule has 0 spiro atoms. The number of nitrogens with zero attached hydrogens (tertiary/aromatic N) is 4. The summed E-state index contributed by atoms with van der Waals surface area (Å²) in [6.45, 7) is 2.71. The van der Waals surface area contributed by atoms with Crippen LogP contribution in [0, 0.1) is 11.3 Å². The third kappa shape index (κ3) is 3.26. The molecular weight excluding hydrogens is 326 g/mol. The first-order valence-corrected chi connectivity index (χ1v) is 9.01. The number of alkyl halides is 1. The van der Waals surface area contributed by atoms with Gasteiger partial charge in [-0.25, -0.2) is 9.67 Å². The highest BCUT2D eigenvalue weighted by molar-refractivity contribution is 6.21. The van der Waals surface area contributed by atoms with Crippen molar-refractivity contribution in [1.29, 1.82) is 0 Å². The van der Waals surface area contributed by atoms with Gasteiger partial charge in [0.05, 0.1) is 30.9 Å². The van der Waals surface area contributed by atoms with Gasteiger partial charge in [-0.3, -0.25) is 0 Å². The molecular formula is C17H22ClN5O.